The molecule has 31 heavy (non-hydrogen) atoms. The molecule has 10 nitrogen and oxygen atoms in total. The van der Waals surface area contributed by atoms with Crippen LogP contribution in [0.2, 0.25) is 0 Å². The topological polar surface area (TPSA) is 109 Å². The molecule has 0 spiro atoms. The summed E-state index contributed by atoms with van der Waals surface area (Å²) in [7, 11) is 6.31. The molecular formula is C21H25N5O5. The zero-order valence-electron chi connectivity index (χ0n) is 17.8. The Morgan fingerprint density at radius 2 is 1.71 bits per heavy atom. The van der Waals surface area contributed by atoms with Crippen molar-refractivity contribution in [3.05, 3.63) is 52.9 Å². The van der Waals surface area contributed by atoms with E-state index in [1.54, 1.807) is 44.5 Å². The van der Waals surface area contributed by atoms with Crippen LogP contribution in [0.3, 0.4) is 0 Å². The fraction of sp³-hybridized carbons (Fsp3) is 0.286. The molecule has 164 valence electrons. The van der Waals surface area contributed by atoms with Crippen LogP contribution in [0.1, 0.15) is 0 Å². The van der Waals surface area contributed by atoms with Gasteiger partial charge in [0.1, 0.15) is 5.75 Å². The Hall–Kier alpha value is -3.95. The lowest BCUT2D eigenvalue weighted by molar-refractivity contribution is 0.251. The maximum absolute atomic E-state index is 12.5. The predicted molar refractivity (Wildman–Crippen MR) is 116 cm³/mol. The van der Waals surface area contributed by atoms with E-state index in [0.29, 0.717) is 23.0 Å². The van der Waals surface area contributed by atoms with Crippen LogP contribution in [0.4, 0.5) is 10.5 Å². The number of nitrogens with zero attached hydrogens (tertiary/aromatic N) is 3. The second-order valence-electron chi connectivity index (χ2n) is 6.57. The van der Waals surface area contributed by atoms with Gasteiger partial charge in [-0.2, -0.15) is 0 Å². The van der Waals surface area contributed by atoms with Crippen LogP contribution in [-0.2, 0) is 13.6 Å². The molecule has 0 aliphatic rings. The third-order valence-corrected chi connectivity index (χ3v) is 4.64. The number of methoxy groups -OCH3 is 3. The van der Waals surface area contributed by atoms with Gasteiger partial charge in [-0.05, 0) is 36.4 Å². The second kappa shape index (κ2) is 9.70. The van der Waals surface area contributed by atoms with Gasteiger partial charge in [0.05, 0.1) is 27.9 Å². The molecule has 2 N–H and O–H groups in total. The molecule has 2 amide bonds. The number of aromatic nitrogens is 3. The van der Waals surface area contributed by atoms with Crippen molar-refractivity contribution in [1.29, 1.82) is 0 Å². The molecule has 0 bridgehead atoms. The van der Waals surface area contributed by atoms with Gasteiger partial charge in [0, 0.05) is 30.9 Å². The fourth-order valence-corrected chi connectivity index (χ4v) is 2.99. The van der Waals surface area contributed by atoms with Gasteiger partial charge < -0.3 is 24.8 Å². The molecule has 2 aromatic carbocycles. The molecule has 0 radical (unpaired) electrons. The van der Waals surface area contributed by atoms with E-state index in [2.05, 4.69) is 15.7 Å². The lowest BCUT2D eigenvalue weighted by atomic mass is 10.2. The minimum atomic E-state index is -0.411. The minimum absolute atomic E-state index is 0.220. The van der Waals surface area contributed by atoms with Crippen molar-refractivity contribution in [1.82, 2.24) is 19.7 Å². The molecule has 0 atom stereocenters. The minimum Gasteiger partial charge on any atom is -0.497 e. The largest absolute Gasteiger partial charge is 0.497 e. The molecule has 1 heterocycles. The molecule has 3 aromatic rings. The third-order valence-electron chi connectivity index (χ3n) is 4.64. The number of benzene rings is 2. The quantitative estimate of drug-likeness (QED) is 0.570. The van der Waals surface area contributed by atoms with Crippen LogP contribution in [-0.4, -0.2) is 48.3 Å². The molecule has 1 aromatic heterocycles. The molecule has 0 saturated carbocycles. The van der Waals surface area contributed by atoms with Crippen molar-refractivity contribution in [2.24, 2.45) is 7.05 Å². The maximum Gasteiger partial charge on any atom is 0.345 e. The van der Waals surface area contributed by atoms with Gasteiger partial charge in [-0.15, -0.1) is 5.10 Å². The third kappa shape index (κ3) is 4.97. The number of carbonyl (C=O) groups excluding carboxylic acids is 1. The molecule has 0 saturated heterocycles. The van der Waals surface area contributed by atoms with E-state index in [4.69, 9.17) is 14.2 Å². The normalized spacial score (nSPS) is 10.5. The van der Waals surface area contributed by atoms with E-state index in [1.807, 2.05) is 12.1 Å². The first-order valence-electron chi connectivity index (χ1n) is 9.52. The zero-order chi connectivity index (χ0) is 22.4. The molecule has 0 aliphatic heterocycles. The number of carbonyl (C=O) groups is 1. The summed E-state index contributed by atoms with van der Waals surface area (Å²) >= 11 is 0. The summed E-state index contributed by atoms with van der Waals surface area (Å²) in [6.45, 7) is 0.445. The van der Waals surface area contributed by atoms with Gasteiger partial charge in [0.15, 0.2) is 17.3 Å². The van der Waals surface area contributed by atoms with Crippen LogP contribution in [0.25, 0.3) is 11.4 Å². The van der Waals surface area contributed by atoms with Crippen molar-refractivity contribution in [2.75, 3.05) is 33.2 Å². The fourth-order valence-electron chi connectivity index (χ4n) is 2.99. The number of rotatable bonds is 8. The Morgan fingerprint density at radius 3 is 2.35 bits per heavy atom. The highest BCUT2D eigenvalue weighted by Crippen LogP contribution is 2.29. The molecular weight excluding hydrogens is 402 g/mol. The molecule has 0 aliphatic carbocycles. The zero-order valence-corrected chi connectivity index (χ0v) is 17.8. The first-order valence-corrected chi connectivity index (χ1v) is 9.52. The molecule has 0 unspecified atom stereocenters. The van der Waals surface area contributed by atoms with Crippen molar-refractivity contribution >= 4 is 11.7 Å². The van der Waals surface area contributed by atoms with Gasteiger partial charge in [-0.1, -0.05) is 0 Å². The second-order valence-corrected chi connectivity index (χ2v) is 6.57. The predicted octanol–water partition coefficient (Wildman–Crippen LogP) is 2.10. The summed E-state index contributed by atoms with van der Waals surface area (Å²) in [6.07, 6.45) is 0. The Balaban J connectivity index is 1.60. The highest BCUT2D eigenvalue weighted by atomic mass is 16.5. The monoisotopic (exact) mass is 427 g/mol. The number of nitrogens with one attached hydrogen (secondary N) is 2. The summed E-state index contributed by atoms with van der Waals surface area (Å²) < 4.78 is 18.3. The van der Waals surface area contributed by atoms with Crippen LogP contribution >= 0.6 is 0 Å². The highest BCUT2D eigenvalue weighted by molar-refractivity contribution is 5.89. The number of urea groups is 1. The SMILES string of the molecule is COc1ccc(-c2nn(CCNC(=O)Nc3ccc(OC)c(OC)c3)c(=O)n2C)cc1. The summed E-state index contributed by atoms with van der Waals surface area (Å²) in [5.74, 6) is 2.32. The van der Waals surface area contributed by atoms with Gasteiger partial charge in [-0.3, -0.25) is 4.57 Å². The maximum atomic E-state index is 12.5. The Labute approximate surface area is 179 Å². The number of hydrogen-bond acceptors (Lipinski definition) is 6. The first kappa shape index (κ1) is 21.8. The van der Waals surface area contributed by atoms with E-state index < -0.39 is 6.03 Å². The molecule has 10 heteroatoms. The Kier molecular flexibility index (Phi) is 6.81. The average Bonchev–Trinajstić information content (AvgIpc) is 3.07. The Bertz CT molecular complexity index is 1100. The average molecular weight is 427 g/mol. The van der Waals surface area contributed by atoms with Crippen molar-refractivity contribution in [3.63, 3.8) is 0 Å². The van der Waals surface area contributed by atoms with E-state index in [-0.39, 0.29) is 18.8 Å². The van der Waals surface area contributed by atoms with Crippen molar-refractivity contribution in [3.8, 4) is 28.6 Å². The van der Waals surface area contributed by atoms with Gasteiger partial charge in [-0.25, -0.2) is 14.3 Å². The van der Waals surface area contributed by atoms with Crippen molar-refractivity contribution < 1.29 is 19.0 Å². The first-order chi connectivity index (χ1) is 15.0. The van der Waals surface area contributed by atoms with Crippen LogP contribution < -0.4 is 30.5 Å². The number of ether oxygens (including phenoxy) is 3. The number of hydrogen-bond donors (Lipinski definition) is 2. The smallest absolute Gasteiger partial charge is 0.345 e. The summed E-state index contributed by atoms with van der Waals surface area (Å²) in [4.78, 5) is 24.6. The molecule has 0 fully saturated rings. The standard InChI is InChI=1S/C21H25N5O5/c1-25-19(14-5-8-16(29-2)9-6-14)24-26(21(25)28)12-11-22-20(27)23-15-7-10-17(30-3)18(13-15)31-4/h5-10,13H,11-12H2,1-4H3,(H2,22,23,27). The van der Waals surface area contributed by atoms with E-state index >= 15 is 0 Å². The van der Waals surface area contributed by atoms with Gasteiger partial charge >= 0.3 is 11.7 Å². The lowest BCUT2D eigenvalue weighted by Gasteiger charge is -2.11. The van der Waals surface area contributed by atoms with Crippen LogP contribution in [0.5, 0.6) is 17.2 Å². The van der Waals surface area contributed by atoms with Gasteiger partial charge in [0.2, 0.25) is 0 Å². The lowest BCUT2D eigenvalue weighted by Crippen LogP contribution is -2.34. The summed E-state index contributed by atoms with van der Waals surface area (Å²) in [5, 5.41) is 9.80. The Morgan fingerprint density at radius 1 is 1.00 bits per heavy atom. The highest BCUT2D eigenvalue weighted by Gasteiger charge is 2.13. The van der Waals surface area contributed by atoms with Gasteiger partial charge in [0.25, 0.3) is 0 Å². The van der Waals surface area contributed by atoms with E-state index in [0.717, 1.165) is 11.3 Å². The van der Waals surface area contributed by atoms with Crippen LogP contribution in [0.15, 0.2) is 47.3 Å². The van der Waals surface area contributed by atoms with E-state index in [9.17, 15) is 9.59 Å². The summed E-state index contributed by atoms with van der Waals surface area (Å²) in [5.41, 5.74) is 1.07. The van der Waals surface area contributed by atoms with Crippen molar-refractivity contribution in [2.45, 2.75) is 6.54 Å². The van der Waals surface area contributed by atoms with E-state index in [1.165, 1.54) is 23.5 Å². The summed E-state index contributed by atoms with van der Waals surface area (Å²) in [6, 6.07) is 11.9. The van der Waals surface area contributed by atoms with Crippen LogP contribution in [0, 0.1) is 0 Å². The number of amides is 2. The molecule has 3 rings (SSSR count). The number of anilines is 1.